The number of rotatable bonds is 7. The summed E-state index contributed by atoms with van der Waals surface area (Å²) in [6.45, 7) is 0. The molecule has 9 rings (SSSR count). The average Bonchev–Trinajstić information content (AvgIpc) is 3.76. The Balaban J connectivity index is 0.00000361. The predicted octanol–water partition coefficient (Wildman–Crippen LogP) is 8.58. The zero-order chi connectivity index (χ0) is 32.6. The maximum Gasteiger partial charge on any atom is 4.00 e. The van der Waals surface area contributed by atoms with Crippen LogP contribution in [0.5, 0.6) is 0 Å². The van der Waals surface area contributed by atoms with Crippen molar-refractivity contribution in [3.8, 4) is 33.9 Å². The molecule has 0 radical (unpaired) electrons. The van der Waals surface area contributed by atoms with Crippen LogP contribution in [0.4, 0.5) is 0 Å². The van der Waals surface area contributed by atoms with Gasteiger partial charge in [-0.1, -0.05) is 115 Å². The Hall–Kier alpha value is -5.83. The van der Waals surface area contributed by atoms with Crippen LogP contribution in [0.1, 0.15) is 11.1 Å². The van der Waals surface area contributed by atoms with Crippen molar-refractivity contribution in [2.24, 2.45) is 0 Å². The van der Waals surface area contributed by atoms with Gasteiger partial charge >= 0.3 is 21.1 Å². The predicted molar refractivity (Wildman–Crippen MR) is 193 cm³/mol. The number of para-hydroxylation sites is 6. The van der Waals surface area contributed by atoms with Gasteiger partial charge in [-0.2, -0.15) is 59.7 Å². The maximum atomic E-state index is 3.71. The van der Waals surface area contributed by atoms with Crippen molar-refractivity contribution in [1.29, 1.82) is 0 Å². The Kier molecular flexibility index (Phi) is 8.54. The van der Waals surface area contributed by atoms with Gasteiger partial charge in [0.15, 0.2) is 0 Å². The molecular weight excluding hydrogens is 792 g/mol. The summed E-state index contributed by atoms with van der Waals surface area (Å²) >= 11 is 0. The van der Waals surface area contributed by atoms with E-state index < -0.39 is 0 Å². The molecule has 0 saturated heterocycles. The molecule has 0 N–H and O–H groups in total. The number of benzene rings is 7. The van der Waals surface area contributed by atoms with Crippen LogP contribution in [0.2, 0.25) is 0 Å². The standard InChI is InChI=1S/C45H30N4.Pt/c1-3-17-36(18-4-1)40-23-7-8-24-41(40)49-33-48(44-27-11-12-28-45(44)49)39-22-14-16-35(31-39)29-34-15-13-21-38(30-34)47-32-46(37-19-5-2-6-20-37)42-25-9-10-26-43(42)47;/h1-28H,29H2;/q-2;+4. The Morgan fingerprint density at radius 3 is 1.58 bits per heavy atom. The van der Waals surface area contributed by atoms with Crippen LogP contribution < -0.4 is 9.13 Å². The van der Waals surface area contributed by atoms with Crippen molar-refractivity contribution in [3.05, 3.63) is 206 Å². The van der Waals surface area contributed by atoms with Gasteiger partial charge in [0.05, 0.1) is 33.4 Å². The van der Waals surface area contributed by atoms with Crippen molar-refractivity contribution in [3.63, 3.8) is 0 Å². The number of aromatic nitrogens is 4. The minimum atomic E-state index is 0. The first-order valence-electron chi connectivity index (χ1n) is 16.4. The molecule has 50 heavy (non-hydrogen) atoms. The molecule has 0 amide bonds. The molecule has 4 nitrogen and oxygen atoms in total. The van der Waals surface area contributed by atoms with Gasteiger partial charge in [-0.05, 0) is 47.1 Å². The van der Waals surface area contributed by atoms with Crippen LogP contribution in [0, 0.1) is 24.8 Å². The first-order chi connectivity index (χ1) is 24.3. The van der Waals surface area contributed by atoms with E-state index in [1.54, 1.807) is 0 Å². The molecule has 2 aromatic heterocycles. The van der Waals surface area contributed by atoms with Crippen LogP contribution in [0.25, 0.3) is 55.9 Å². The van der Waals surface area contributed by atoms with Gasteiger partial charge < -0.3 is 9.13 Å². The van der Waals surface area contributed by atoms with Crippen LogP contribution >= 0.6 is 0 Å². The number of hydrogen-bond donors (Lipinski definition) is 0. The van der Waals surface area contributed by atoms with Gasteiger partial charge in [-0.15, -0.1) is 0 Å². The number of fused-ring (bicyclic) bond motifs is 2. The molecule has 0 saturated carbocycles. The average molecular weight is 822 g/mol. The van der Waals surface area contributed by atoms with Crippen molar-refractivity contribution < 1.29 is 30.2 Å². The molecule has 0 aliphatic heterocycles. The molecule has 0 bridgehead atoms. The molecule has 0 fully saturated rings. The van der Waals surface area contributed by atoms with E-state index in [-0.39, 0.29) is 21.1 Å². The van der Waals surface area contributed by atoms with E-state index >= 15 is 0 Å². The molecule has 0 spiro atoms. The summed E-state index contributed by atoms with van der Waals surface area (Å²) in [5, 5.41) is 0. The van der Waals surface area contributed by atoms with Gasteiger partial charge in [0.2, 0.25) is 0 Å². The Labute approximate surface area is 306 Å². The maximum absolute atomic E-state index is 3.71. The zero-order valence-corrected chi connectivity index (χ0v) is 29.3. The quantitative estimate of drug-likeness (QED) is 0.113. The molecule has 0 unspecified atom stereocenters. The van der Waals surface area contributed by atoms with E-state index in [0.717, 1.165) is 61.5 Å². The second-order valence-corrected chi connectivity index (χ2v) is 12.0. The third-order valence-corrected chi connectivity index (χ3v) is 8.91. The third kappa shape index (κ3) is 5.78. The third-order valence-electron chi connectivity index (χ3n) is 8.91. The molecule has 238 valence electrons. The largest absolute Gasteiger partial charge is 4.00 e. The van der Waals surface area contributed by atoms with Crippen molar-refractivity contribution in [2.75, 3.05) is 0 Å². The Morgan fingerprint density at radius 2 is 0.940 bits per heavy atom. The molecule has 2 heterocycles. The fraction of sp³-hybridized carbons (Fsp3) is 0.0222. The topological polar surface area (TPSA) is 17.6 Å². The van der Waals surface area contributed by atoms with E-state index in [2.05, 4.69) is 207 Å². The second-order valence-electron chi connectivity index (χ2n) is 12.0. The first kappa shape index (κ1) is 31.4. The number of imidazole rings is 2. The van der Waals surface area contributed by atoms with E-state index in [1.807, 2.05) is 6.07 Å². The molecule has 5 heteroatoms. The molecule has 0 aliphatic carbocycles. The van der Waals surface area contributed by atoms with Crippen LogP contribution in [-0.4, -0.2) is 9.13 Å². The summed E-state index contributed by atoms with van der Waals surface area (Å²) in [5.74, 6) is 0. The van der Waals surface area contributed by atoms with E-state index in [0.29, 0.717) is 6.42 Å². The summed E-state index contributed by atoms with van der Waals surface area (Å²) in [6.07, 6.45) is 7.94. The summed E-state index contributed by atoms with van der Waals surface area (Å²) in [4.78, 5) is 0. The number of hydrogen-bond acceptors (Lipinski definition) is 0. The fourth-order valence-electron chi connectivity index (χ4n) is 6.63. The van der Waals surface area contributed by atoms with E-state index in [9.17, 15) is 0 Å². The van der Waals surface area contributed by atoms with Crippen molar-refractivity contribution in [2.45, 2.75) is 6.42 Å². The molecule has 7 aromatic carbocycles. The van der Waals surface area contributed by atoms with Crippen molar-refractivity contribution >= 4 is 22.1 Å². The summed E-state index contributed by atoms with van der Waals surface area (Å²) in [7, 11) is 0. The SMILES string of the molecule is [Pt+4].[c-]1c(Cc2[c-]c(-n3[c-][n+](-c4ccccc4-c4ccccc4)c4ccccc43)ccc2)cccc1-n1[c-][n+](-c2ccccc2)c2ccccc21. The van der Waals surface area contributed by atoms with Crippen molar-refractivity contribution in [1.82, 2.24) is 9.13 Å². The van der Waals surface area contributed by atoms with Gasteiger partial charge in [-0.3, -0.25) is 9.13 Å². The van der Waals surface area contributed by atoms with Crippen LogP contribution in [0.15, 0.2) is 170 Å². The van der Waals surface area contributed by atoms with Gasteiger partial charge in [-0.25, -0.2) is 0 Å². The second kappa shape index (κ2) is 13.6. The molecule has 0 atom stereocenters. The minimum Gasteiger partial charge on any atom is -0.315 e. The molecular formula is C45H30N4Pt+2. The summed E-state index contributed by atoms with van der Waals surface area (Å²) < 4.78 is 8.48. The van der Waals surface area contributed by atoms with Crippen LogP contribution in [-0.2, 0) is 27.5 Å². The van der Waals surface area contributed by atoms with Gasteiger partial charge in [0, 0.05) is 0 Å². The van der Waals surface area contributed by atoms with Gasteiger partial charge in [0.1, 0.15) is 0 Å². The summed E-state index contributed by atoms with van der Waals surface area (Å²) in [5.41, 5.74) is 12.8. The number of nitrogens with zero attached hydrogens (tertiary/aromatic N) is 4. The summed E-state index contributed by atoms with van der Waals surface area (Å²) in [6, 6.07) is 66.3. The Bertz CT molecular complexity index is 2580. The zero-order valence-electron chi connectivity index (χ0n) is 27.0. The van der Waals surface area contributed by atoms with Crippen LogP contribution in [0.3, 0.4) is 0 Å². The normalized spacial score (nSPS) is 11.1. The molecule has 9 aromatic rings. The fourth-order valence-corrected chi connectivity index (χ4v) is 6.63. The Morgan fingerprint density at radius 1 is 0.440 bits per heavy atom. The van der Waals surface area contributed by atoms with Gasteiger partial charge in [0.25, 0.3) is 12.7 Å². The first-order valence-corrected chi connectivity index (χ1v) is 16.4. The molecule has 0 aliphatic rings. The minimum absolute atomic E-state index is 0. The van der Waals surface area contributed by atoms with E-state index in [4.69, 9.17) is 0 Å². The van der Waals surface area contributed by atoms with E-state index in [1.165, 1.54) is 5.56 Å². The smallest absolute Gasteiger partial charge is 0.315 e. The monoisotopic (exact) mass is 821 g/mol.